The second kappa shape index (κ2) is 7.21. The summed E-state index contributed by atoms with van der Waals surface area (Å²) in [5.74, 6) is -0.809. The summed E-state index contributed by atoms with van der Waals surface area (Å²) in [6.07, 6.45) is 0.444. The van der Waals surface area contributed by atoms with Gasteiger partial charge in [-0.2, -0.15) is 0 Å². The quantitative estimate of drug-likeness (QED) is 0.798. The summed E-state index contributed by atoms with van der Waals surface area (Å²) in [4.78, 5) is 0. The highest BCUT2D eigenvalue weighted by atomic mass is 35.5. The Morgan fingerprint density at radius 1 is 1.05 bits per heavy atom. The third-order valence-electron chi connectivity index (χ3n) is 3.21. The molecule has 2 aromatic rings. The van der Waals surface area contributed by atoms with Crippen molar-refractivity contribution < 1.29 is 8.78 Å². The summed E-state index contributed by atoms with van der Waals surface area (Å²) >= 11 is 11.6. The highest BCUT2D eigenvalue weighted by Gasteiger charge is 2.16. The van der Waals surface area contributed by atoms with Crippen LogP contribution in [0.15, 0.2) is 36.4 Å². The molecule has 2 rings (SSSR count). The van der Waals surface area contributed by atoms with Crippen LogP contribution < -0.4 is 5.32 Å². The molecule has 1 atom stereocenters. The molecular formula is C16H15Cl2F2N. The fourth-order valence-electron chi connectivity index (χ4n) is 2.22. The Labute approximate surface area is 132 Å². The number of benzene rings is 2. The molecule has 0 saturated carbocycles. The van der Waals surface area contributed by atoms with Crippen molar-refractivity contribution in [1.82, 2.24) is 5.32 Å². The SMILES string of the molecule is CCNC(Cc1ccc(Cl)c(F)c1)c1cc(Cl)ccc1F. The van der Waals surface area contributed by atoms with Crippen molar-refractivity contribution in [3.8, 4) is 0 Å². The number of likely N-dealkylation sites (N-methyl/N-ethyl adjacent to an activating group) is 1. The lowest BCUT2D eigenvalue weighted by atomic mass is 9.98. The molecule has 1 unspecified atom stereocenters. The number of nitrogens with one attached hydrogen (secondary N) is 1. The van der Waals surface area contributed by atoms with E-state index in [1.807, 2.05) is 6.92 Å². The largest absolute Gasteiger partial charge is 0.310 e. The van der Waals surface area contributed by atoms with Gasteiger partial charge in [0.25, 0.3) is 0 Å². The van der Waals surface area contributed by atoms with Crippen molar-refractivity contribution >= 4 is 23.2 Å². The molecule has 0 aliphatic heterocycles. The summed E-state index contributed by atoms with van der Waals surface area (Å²) < 4.78 is 27.5. The lowest BCUT2D eigenvalue weighted by molar-refractivity contribution is 0.509. The summed E-state index contributed by atoms with van der Waals surface area (Å²) in [6.45, 7) is 2.59. The second-order valence-electron chi connectivity index (χ2n) is 4.73. The van der Waals surface area contributed by atoms with Gasteiger partial charge >= 0.3 is 0 Å². The molecule has 0 aliphatic carbocycles. The molecule has 0 radical (unpaired) electrons. The molecule has 112 valence electrons. The van der Waals surface area contributed by atoms with Crippen LogP contribution in [0.3, 0.4) is 0 Å². The predicted molar refractivity (Wildman–Crippen MR) is 82.9 cm³/mol. The van der Waals surface area contributed by atoms with Gasteiger partial charge < -0.3 is 5.32 Å². The van der Waals surface area contributed by atoms with Gasteiger partial charge in [0, 0.05) is 16.6 Å². The molecule has 0 fully saturated rings. The summed E-state index contributed by atoms with van der Waals surface area (Å²) in [7, 11) is 0. The fourth-order valence-corrected chi connectivity index (χ4v) is 2.52. The molecule has 0 heterocycles. The van der Waals surface area contributed by atoms with Gasteiger partial charge in [0.05, 0.1) is 5.02 Å². The van der Waals surface area contributed by atoms with Gasteiger partial charge in [-0.05, 0) is 48.9 Å². The molecule has 5 heteroatoms. The Bertz CT molecular complexity index is 632. The molecule has 1 N–H and O–H groups in total. The number of hydrogen-bond donors (Lipinski definition) is 1. The van der Waals surface area contributed by atoms with Crippen LogP contribution in [0.2, 0.25) is 10.0 Å². The number of rotatable bonds is 5. The van der Waals surface area contributed by atoms with Crippen LogP contribution in [0.5, 0.6) is 0 Å². The van der Waals surface area contributed by atoms with Gasteiger partial charge in [-0.3, -0.25) is 0 Å². The van der Waals surface area contributed by atoms with Gasteiger partial charge in [-0.25, -0.2) is 8.78 Å². The molecule has 1 nitrogen and oxygen atoms in total. The molecule has 21 heavy (non-hydrogen) atoms. The van der Waals surface area contributed by atoms with E-state index < -0.39 is 5.82 Å². The molecule has 0 saturated heterocycles. The van der Waals surface area contributed by atoms with Crippen molar-refractivity contribution in [3.05, 3.63) is 69.2 Å². The van der Waals surface area contributed by atoms with Crippen molar-refractivity contribution in [2.24, 2.45) is 0 Å². The summed E-state index contributed by atoms with van der Waals surface area (Å²) in [6, 6.07) is 8.76. The zero-order chi connectivity index (χ0) is 15.4. The minimum atomic E-state index is -0.476. The van der Waals surface area contributed by atoms with Crippen LogP contribution in [0, 0.1) is 11.6 Å². The van der Waals surface area contributed by atoms with Crippen LogP contribution in [-0.4, -0.2) is 6.54 Å². The van der Waals surface area contributed by atoms with Crippen LogP contribution in [0.1, 0.15) is 24.1 Å². The van der Waals surface area contributed by atoms with Crippen LogP contribution in [0.4, 0.5) is 8.78 Å². The maximum absolute atomic E-state index is 14.0. The maximum atomic E-state index is 14.0. The predicted octanol–water partition coefficient (Wildman–Crippen LogP) is 5.16. The van der Waals surface area contributed by atoms with Gasteiger partial charge in [-0.1, -0.05) is 36.2 Å². The zero-order valence-electron chi connectivity index (χ0n) is 11.5. The third-order valence-corrected chi connectivity index (χ3v) is 3.75. The molecular weight excluding hydrogens is 315 g/mol. The van der Waals surface area contributed by atoms with E-state index >= 15 is 0 Å². The maximum Gasteiger partial charge on any atom is 0.142 e. The third kappa shape index (κ3) is 4.16. The Balaban J connectivity index is 2.30. The molecule has 0 aliphatic rings. The topological polar surface area (TPSA) is 12.0 Å². The normalized spacial score (nSPS) is 12.4. The lowest BCUT2D eigenvalue weighted by Gasteiger charge is -2.19. The number of halogens is 4. The first-order valence-corrected chi connectivity index (χ1v) is 7.39. The highest BCUT2D eigenvalue weighted by Crippen LogP contribution is 2.26. The first kappa shape index (κ1) is 16.2. The van der Waals surface area contributed by atoms with Crippen molar-refractivity contribution in [2.45, 2.75) is 19.4 Å². The first-order chi connectivity index (χ1) is 10.0. The van der Waals surface area contributed by atoms with E-state index in [-0.39, 0.29) is 16.9 Å². The van der Waals surface area contributed by atoms with E-state index in [2.05, 4.69) is 5.32 Å². The van der Waals surface area contributed by atoms with Crippen LogP contribution >= 0.6 is 23.2 Å². The van der Waals surface area contributed by atoms with Gasteiger partial charge in [0.1, 0.15) is 11.6 Å². The molecule has 0 spiro atoms. The van der Waals surface area contributed by atoms with E-state index in [4.69, 9.17) is 23.2 Å². The van der Waals surface area contributed by atoms with E-state index in [1.54, 1.807) is 12.1 Å². The summed E-state index contributed by atoms with van der Waals surface area (Å²) in [5.41, 5.74) is 1.21. The minimum absolute atomic E-state index is 0.0766. The van der Waals surface area contributed by atoms with Gasteiger partial charge in [0.2, 0.25) is 0 Å². The monoisotopic (exact) mass is 329 g/mol. The Morgan fingerprint density at radius 3 is 2.48 bits per heavy atom. The van der Waals surface area contributed by atoms with Crippen LogP contribution in [-0.2, 0) is 6.42 Å². The molecule has 0 aromatic heterocycles. The fraction of sp³-hybridized carbons (Fsp3) is 0.250. The van der Waals surface area contributed by atoms with E-state index in [9.17, 15) is 8.78 Å². The lowest BCUT2D eigenvalue weighted by Crippen LogP contribution is -2.24. The molecule has 0 bridgehead atoms. The molecule has 0 amide bonds. The van der Waals surface area contributed by atoms with E-state index in [0.29, 0.717) is 23.6 Å². The average molecular weight is 330 g/mol. The standard InChI is InChI=1S/C16H15Cl2F2N/c1-2-21-16(12-9-11(17)4-6-14(12)19)8-10-3-5-13(18)15(20)7-10/h3-7,9,16,21H,2,8H2,1H3. The van der Waals surface area contributed by atoms with Gasteiger partial charge in [-0.15, -0.1) is 0 Å². The minimum Gasteiger partial charge on any atom is -0.310 e. The Morgan fingerprint density at radius 2 is 1.81 bits per heavy atom. The number of hydrogen-bond acceptors (Lipinski definition) is 1. The second-order valence-corrected chi connectivity index (χ2v) is 5.57. The summed E-state index contributed by atoms with van der Waals surface area (Å²) in [5, 5.41) is 3.74. The van der Waals surface area contributed by atoms with E-state index in [0.717, 1.165) is 5.56 Å². The van der Waals surface area contributed by atoms with Crippen molar-refractivity contribution in [1.29, 1.82) is 0 Å². The average Bonchev–Trinajstić information content (AvgIpc) is 2.45. The Kier molecular flexibility index (Phi) is 5.57. The van der Waals surface area contributed by atoms with Crippen LogP contribution in [0.25, 0.3) is 0 Å². The van der Waals surface area contributed by atoms with Crippen molar-refractivity contribution in [3.63, 3.8) is 0 Å². The van der Waals surface area contributed by atoms with Gasteiger partial charge in [0.15, 0.2) is 0 Å². The first-order valence-electron chi connectivity index (χ1n) is 6.63. The molecule has 2 aromatic carbocycles. The van der Waals surface area contributed by atoms with Crippen molar-refractivity contribution in [2.75, 3.05) is 6.54 Å². The highest BCUT2D eigenvalue weighted by molar-refractivity contribution is 6.31. The Hall–Kier alpha value is -1.16. The zero-order valence-corrected chi connectivity index (χ0v) is 13.0. The van der Waals surface area contributed by atoms with E-state index in [1.165, 1.54) is 24.3 Å². The smallest absolute Gasteiger partial charge is 0.142 e.